The Morgan fingerprint density at radius 3 is 2.44 bits per heavy atom. The van der Waals surface area contributed by atoms with Gasteiger partial charge in [-0.15, -0.1) is 0 Å². The molecule has 0 aliphatic carbocycles. The van der Waals surface area contributed by atoms with Gasteiger partial charge in [-0.1, -0.05) is 22.0 Å². The van der Waals surface area contributed by atoms with Crippen LogP contribution in [0.15, 0.2) is 22.7 Å². The van der Waals surface area contributed by atoms with E-state index in [-0.39, 0.29) is 6.04 Å². The summed E-state index contributed by atoms with van der Waals surface area (Å²) in [5.74, 6) is 0. The second kappa shape index (κ2) is 6.26. The third kappa shape index (κ3) is 3.49. The maximum atomic E-state index is 5.88. The van der Waals surface area contributed by atoms with Crippen molar-refractivity contribution in [1.29, 1.82) is 0 Å². The van der Waals surface area contributed by atoms with Gasteiger partial charge in [0.15, 0.2) is 0 Å². The zero-order chi connectivity index (χ0) is 12.1. The fourth-order valence-electron chi connectivity index (χ4n) is 1.92. The van der Waals surface area contributed by atoms with Gasteiger partial charge in [-0.3, -0.25) is 0 Å². The van der Waals surface area contributed by atoms with Crippen molar-refractivity contribution in [2.75, 3.05) is 18.0 Å². The average molecular weight is 285 g/mol. The summed E-state index contributed by atoms with van der Waals surface area (Å²) in [6.07, 6.45) is 0.930. The maximum absolute atomic E-state index is 5.88. The first kappa shape index (κ1) is 13.5. The molecule has 0 fully saturated rings. The standard InChI is InChI=1S/C13H21BrN2/c1-4-16(5-2)13-9-12(14)7-6-11(13)8-10(3)15/h6-7,9-10H,4-5,8,15H2,1-3H3. The molecule has 1 atom stereocenters. The van der Waals surface area contributed by atoms with E-state index in [1.54, 1.807) is 0 Å². The monoisotopic (exact) mass is 284 g/mol. The number of halogens is 1. The van der Waals surface area contributed by atoms with Crippen molar-refractivity contribution < 1.29 is 0 Å². The minimum Gasteiger partial charge on any atom is -0.372 e. The van der Waals surface area contributed by atoms with Crippen LogP contribution in [0, 0.1) is 0 Å². The molecule has 2 nitrogen and oxygen atoms in total. The predicted molar refractivity (Wildman–Crippen MR) is 75.1 cm³/mol. The van der Waals surface area contributed by atoms with Gasteiger partial charge in [0.2, 0.25) is 0 Å². The lowest BCUT2D eigenvalue weighted by Crippen LogP contribution is -2.25. The van der Waals surface area contributed by atoms with Crippen LogP contribution in [0.3, 0.4) is 0 Å². The molecule has 90 valence electrons. The molecule has 0 bridgehead atoms. The lowest BCUT2D eigenvalue weighted by Gasteiger charge is -2.25. The van der Waals surface area contributed by atoms with Crippen LogP contribution in [-0.2, 0) is 6.42 Å². The van der Waals surface area contributed by atoms with Gasteiger partial charge in [-0.25, -0.2) is 0 Å². The van der Waals surface area contributed by atoms with Crippen molar-refractivity contribution in [3.05, 3.63) is 28.2 Å². The summed E-state index contributed by atoms with van der Waals surface area (Å²) in [6, 6.07) is 6.65. The van der Waals surface area contributed by atoms with Gasteiger partial charge >= 0.3 is 0 Å². The average Bonchev–Trinajstić information content (AvgIpc) is 2.23. The smallest absolute Gasteiger partial charge is 0.0410 e. The Morgan fingerprint density at radius 1 is 1.31 bits per heavy atom. The van der Waals surface area contributed by atoms with E-state index >= 15 is 0 Å². The SMILES string of the molecule is CCN(CC)c1cc(Br)ccc1CC(C)N. The van der Waals surface area contributed by atoms with Gasteiger partial charge in [0, 0.05) is 29.3 Å². The molecule has 0 heterocycles. The zero-order valence-electron chi connectivity index (χ0n) is 10.3. The van der Waals surface area contributed by atoms with Gasteiger partial charge in [-0.2, -0.15) is 0 Å². The van der Waals surface area contributed by atoms with E-state index in [0.717, 1.165) is 24.0 Å². The number of rotatable bonds is 5. The summed E-state index contributed by atoms with van der Waals surface area (Å²) >= 11 is 3.53. The number of anilines is 1. The largest absolute Gasteiger partial charge is 0.372 e. The predicted octanol–water partition coefficient (Wildman–Crippen LogP) is 3.19. The van der Waals surface area contributed by atoms with Crippen LogP contribution in [0.1, 0.15) is 26.3 Å². The number of benzene rings is 1. The minimum absolute atomic E-state index is 0.204. The normalized spacial score (nSPS) is 12.6. The first-order valence-corrected chi connectivity index (χ1v) is 6.66. The van der Waals surface area contributed by atoms with E-state index < -0.39 is 0 Å². The van der Waals surface area contributed by atoms with E-state index in [1.165, 1.54) is 11.3 Å². The molecule has 1 unspecified atom stereocenters. The van der Waals surface area contributed by atoms with Crippen molar-refractivity contribution in [3.8, 4) is 0 Å². The lowest BCUT2D eigenvalue weighted by atomic mass is 10.0. The van der Waals surface area contributed by atoms with Crippen LogP contribution in [0.2, 0.25) is 0 Å². The summed E-state index contributed by atoms with van der Waals surface area (Å²) in [4.78, 5) is 2.36. The van der Waals surface area contributed by atoms with Crippen LogP contribution in [-0.4, -0.2) is 19.1 Å². The molecule has 1 aromatic rings. The third-order valence-electron chi connectivity index (χ3n) is 2.69. The number of hydrogen-bond donors (Lipinski definition) is 1. The molecule has 1 rings (SSSR count). The molecular formula is C13H21BrN2. The topological polar surface area (TPSA) is 29.3 Å². The quantitative estimate of drug-likeness (QED) is 0.900. The zero-order valence-corrected chi connectivity index (χ0v) is 11.9. The fraction of sp³-hybridized carbons (Fsp3) is 0.538. The van der Waals surface area contributed by atoms with Crippen LogP contribution in [0.5, 0.6) is 0 Å². The lowest BCUT2D eigenvalue weighted by molar-refractivity contribution is 0.731. The molecule has 0 aliphatic heterocycles. The summed E-state index contributed by atoms with van der Waals surface area (Å²) in [6.45, 7) is 8.46. The van der Waals surface area contributed by atoms with Crippen molar-refractivity contribution in [2.24, 2.45) is 5.73 Å². The number of hydrogen-bond acceptors (Lipinski definition) is 2. The molecule has 3 heteroatoms. The Bertz CT molecular complexity index is 333. The summed E-state index contributed by atoms with van der Waals surface area (Å²) in [5.41, 5.74) is 8.52. The van der Waals surface area contributed by atoms with Gasteiger partial charge in [0.25, 0.3) is 0 Å². The highest BCUT2D eigenvalue weighted by atomic mass is 79.9. The Hall–Kier alpha value is -0.540. The number of nitrogens with zero attached hydrogens (tertiary/aromatic N) is 1. The molecule has 0 saturated heterocycles. The molecule has 0 spiro atoms. The molecule has 0 aliphatic rings. The summed E-state index contributed by atoms with van der Waals surface area (Å²) in [7, 11) is 0. The highest BCUT2D eigenvalue weighted by Gasteiger charge is 2.10. The second-order valence-corrected chi connectivity index (χ2v) is 5.04. The van der Waals surface area contributed by atoms with Crippen LogP contribution in [0.25, 0.3) is 0 Å². The van der Waals surface area contributed by atoms with Gasteiger partial charge in [0.05, 0.1) is 0 Å². The molecule has 16 heavy (non-hydrogen) atoms. The Labute approximate surface area is 107 Å². The molecule has 0 amide bonds. The summed E-state index contributed by atoms with van der Waals surface area (Å²) in [5, 5.41) is 0. The van der Waals surface area contributed by atoms with Gasteiger partial charge in [0.1, 0.15) is 0 Å². The van der Waals surface area contributed by atoms with Gasteiger partial charge < -0.3 is 10.6 Å². The van der Waals surface area contributed by atoms with Crippen molar-refractivity contribution in [2.45, 2.75) is 33.2 Å². The van der Waals surface area contributed by atoms with E-state index in [9.17, 15) is 0 Å². The highest BCUT2D eigenvalue weighted by molar-refractivity contribution is 9.10. The Balaban J connectivity index is 3.06. The molecule has 0 radical (unpaired) electrons. The first-order valence-electron chi connectivity index (χ1n) is 5.87. The third-order valence-corrected chi connectivity index (χ3v) is 3.19. The Morgan fingerprint density at radius 2 is 1.94 bits per heavy atom. The van der Waals surface area contributed by atoms with Gasteiger partial charge in [-0.05, 0) is 44.9 Å². The first-order chi connectivity index (χ1) is 7.58. The molecule has 1 aromatic carbocycles. The molecule has 2 N–H and O–H groups in total. The van der Waals surface area contributed by atoms with Crippen LogP contribution in [0.4, 0.5) is 5.69 Å². The minimum atomic E-state index is 0.204. The van der Waals surface area contributed by atoms with E-state index in [0.29, 0.717) is 0 Å². The van der Waals surface area contributed by atoms with Crippen molar-refractivity contribution >= 4 is 21.6 Å². The van der Waals surface area contributed by atoms with Crippen molar-refractivity contribution in [3.63, 3.8) is 0 Å². The van der Waals surface area contributed by atoms with E-state index in [2.05, 4.69) is 52.9 Å². The number of nitrogens with two attached hydrogens (primary N) is 1. The van der Waals surface area contributed by atoms with Crippen molar-refractivity contribution in [1.82, 2.24) is 0 Å². The summed E-state index contributed by atoms with van der Waals surface area (Å²) < 4.78 is 1.13. The van der Waals surface area contributed by atoms with Crippen LogP contribution >= 0.6 is 15.9 Å². The Kier molecular flexibility index (Phi) is 5.29. The molecule has 0 aromatic heterocycles. The van der Waals surface area contributed by atoms with E-state index in [4.69, 9.17) is 5.73 Å². The van der Waals surface area contributed by atoms with Crippen LogP contribution < -0.4 is 10.6 Å². The maximum Gasteiger partial charge on any atom is 0.0410 e. The molecule has 0 saturated carbocycles. The van der Waals surface area contributed by atoms with E-state index in [1.807, 2.05) is 6.92 Å². The fourth-order valence-corrected chi connectivity index (χ4v) is 2.26. The highest BCUT2D eigenvalue weighted by Crippen LogP contribution is 2.26. The second-order valence-electron chi connectivity index (χ2n) is 4.13. The molecular weight excluding hydrogens is 264 g/mol.